The van der Waals surface area contributed by atoms with Gasteiger partial charge >= 0.3 is 0 Å². The fourth-order valence-corrected chi connectivity index (χ4v) is 2.28. The van der Waals surface area contributed by atoms with Gasteiger partial charge in [-0.3, -0.25) is 10.1 Å². The molecule has 0 saturated carbocycles. The monoisotopic (exact) mass is 369 g/mol. The average molecular weight is 371 g/mol. The zero-order valence-electron chi connectivity index (χ0n) is 10.1. The summed E-state index contributed by atoms with van der Waals surface area (Å²) >= 11 is 14.3. The molecular formula is C13H9BrClN3OS. The molecule has 0 spiro atoms. The number of pyridine rings is 1. The van der Waals surface area contributed by atoms with Crippen LogP contribution >= 0.6 is 39.7 Å². The van der Waals surface area contributed by atoms with E-state index in [0.29, 0.717) is 15.7 Å². The Balaban J connectivity index is 2.04. The van der Waals surface area contributed by atoms with E-state index in [2.05, 4.69) is 31.5 Å². The molecule has 0 unspecified atom stereocenters. The third-order valence-corrected chi connectivity index (χ3v) is 3.55. The molecule has 2 aromatic rings. The van der Waals surface area contributed by atoms with Gasteiger partial charge in [-0.2, -0.15) is 0 Å². The van der Waals surface area contributed by atoms with Gasteiger partial charge in [-0.15, -0.1) is 0 Å². The van der Waals surface area contributed by atoms with Crippen molar-refractivity contribution in [3.63, 3.8) is 0 Å². The lowest BCUT2D eigenvalue weighted by Crippen LogP contribution is -2.34. The second kappa shape index (κ2) is 6.78. The smallest absolute Gasteiger partial charge is 0.258 e. The zero-order chi connectivity index (χ0) is 14.5. The van der Waals surface area contributed by atoms with E-state index in [0.717, 1.165) is 0 Å². The minimum Gasteiger partial charge on any atom is -0.330 e. The maximum atomic E-state index is 12.0. The van der Waals surface area contributed by atoms with Crippen LogP contribution in [0.4, 0.5) is 5.69 Å². The summed E-state index contributed by atoms with van der Waals surface area (Å²) in [5.74, 6) is -0.310. The van der Waals surface area contributed by atoms with Crippen molar-refractivity contribution in [3.05, 3.63) is 57.8 Å². The molecule has 0 saturated heterocycles. The molecule has 0 atom stereocenters. The van der Waals surface area contributed by atoms with Gasteiger partial charge in [0.25, 0.3) is 5.91 Å². The van der Waals surface area contributed by atoms with Crippen LogP contribution in [0.3, 0.4) is 0 Å². The van der Waals surface area contributed by atoms with E-state index in [-0.39, 0.29) is 16.2 Å². The normalized spacial score (nSPS) is 9.90. The van der Waals surface area contributed by atoms with Crippen molar-refractivity contribution in [2.24, 2.45) is 0 Å². The van der Waals surface area contributed by atoms with E-state index in [4.69, 9.17) is 23.8 Å². The summed E-state index contributed by atoms with van der Waals surface area (Å²) in [6.07, 6.45) is 1.57. The number of thiocarbonyl (C=S) groups is 1. The minimum absolute atomic E-state index is 0.153. The Morgan fingerprint density at radius 2 is 2.00 bits per heavy atom. The van der Waals surface area contributed by atoms with Gasteiger partial charge in [-0.25, -0.2) is 4.98 Å². The first-order chi connectivity index (χ1) is 9.58. The van der Waals surface area contributed by atoms with Gasteiger partial charge in [-0.1, -0.05) is 23.7 Å². The number of rotatable bonds is 2. The highest BCUT2D eigenvalue weighted by Crippen LogP contribution is 2.18. The van der Waals surface area contributed by atoms with E-state index in [1.54, 1.807) is 36.5 Å². The Morgan fingerprint density at radius 3 is 2.70 bits per heavy atom. The van der Waals surface area contributed by atoms with E-state index in [9.17, 15) is 4.79 Å². The Labute approximate surface area is 134 Å². The number of nitrogens with one attached hydrogen (secondary N) is 2. The van der Waals surface area contributed by atoms with E-state index in [1.807, 2.05) is 6.07 Å². The quantitative estimate of drug-likeness (QED) is 0.626. The molecule has 0 bridgehead atoms. The number of carbonyl (C=O) groups excluding carboxylic acids is 1. The molecule has 7 heteroatoms. The lowest BCUT2D eigenvalue weighted by molar-refractivity contribution is 0.0977. The summed E-state index contributed by atoms with van der Waals surface area (Å²) in [6.45, 7) is 0. The fraction of sp³-hybridized carbons (Fsp3) is 0. The molecule has 20 heavy (non-hydrogen) atoms. The number of hydrogen-bond acceptors (Lipinski definition) is 3. The Morgan fingerprint density at radius 1 is 1.25 bits per heavy atom. The van der Waals surface area contributed by atoms with Crippen LogP contribution in [-0.4, -0.2) is 16.0 Å². The lowest BCUT2D eigenvalue weighted by atomic mass is 10.2. The van der Waals surface area contributed by atoms with Crippen molar-refractivity contribution in [2.45, 2.75) is 0 Å². The molecule has 1 aromatic heterocycles. The minimum atomic E-state index is -0.310. The first-order valence-electron chi connectivity index (χ1n) is 5.55. The Hall–Kier alpha value is -1.50. The van der Waals surface area contributed by atoms with Crippen molar-refractivity contribution in [3.8, 4) is 0 Å². The van der Waals surface area contributed by atoms with Crippen molar-refractivity contribution in [1.82, 2.24) is 10.3 Å². The number of hydrogen-bond donors (Lipinski definition) is 2. The molecule has 2 N–H and O–H groups in total. The van der Waals surface area contributed by atoms with Gasteiger partial charge in [0.05, 0.1) is 11.3 Å². The molecule has 4 nitrogen and oxygen atoms in total. The summed E-state index contributed by atoms with van der Waals surface area (Å²) < 4.78 is 0.694. The van der Waals surface area contributed by atoms with Crippen LogP contribution in [-0.2, 0) is 0 Å². The Kier molecular flexibility index (Phi) is 5.05. The number of aromatic nitrogens is 1. The van der Waals surface area contributed by atoms with Crippen molar-refractivity contribution in [1.29, 1.82) is 0 Å². The molecule has 1 aromatic carbocycles. The maximum absolute atomic E-state index is 12.0. The molecular weight excluding hydrogens is 362 g/mol. The summed E-state index contributed by atoms with van der Waals surface area (Å²) in [5, 5.41) is 5.83. The highest BCUT2D eigenvalue weighted by Gasteiger charge is 2.11. The molecule has 1 amide bonds. The van der Waals surface area contributed by atoms with Crippen LogP contribution in [0.2, 0.25) is 5.15 Å². The van der Waals surface area contributed by atoms with Gasteiger partial charge in [0.15, 0.2) is 10.3 Å². The number of nitrogens with zero attached hydrogens (tertiary/aromatic N) is 1. The summed E-state index contributed by atoms with van der Waals surface area (Å²) in [5.41, 5.74) is 1.03. The molecule has 0 radical (unpaired) electrons. The van der Waals surface area contributed by atoms with Crippen LogP contribution in [0.15, 0.2) is 47.1 Å². The van der Waals surface area contributed by atoms with E-state index >= 15 is 0 Å². The SMILES string of the molecule is O=C(NC(=S)Nc1cccnc1Cl)c1ccccc1Br. The van der Waals surface area contributed by atoms with Gasteiger partial charge < -0.3 is 5.32 Å². The highest BCUT2D eigenvalue weighted by molar-refractivity contribution is 9.10. The number of halogens is 2. The number of benzene rings is 1. The second-order valence-corrected chi connectivity index (χ2v) is 5.35. The average Bonchev–Trinajstić information content (AvgIpc) is 2.41. The molecule has 2 rings (SSSR count). The molecule has 0 fully saturated rings. The van der Waals surface area contributed by atoms with E-state index < -0.39 is 0 Å². The highest BCUT2D eigenvalue weighted by atomic mass is 79.9. The first kappa shape index (κ1) is 14.9. The molecule has 102 valence electrons. The van der Waals surface area contributed by atoms with Crippen LogP contribution in [0.5, 0.6) is 0 Å². The van der Waals surface area contributed by atoms with Crippen molar-refractivity contribution < 1.29 is 4.79 Å². The van der Waals surface area contributed by atoms with E-state index in [1.165, 1.54) is 0 Å². The predicted octanol–water partition coefficient (Wildman–Crippen LogP) is 3.62. The van der Waals surface area contributed by atoms with Gasteiger partial charge in [0.1, 0.15) is 0 Å². The van der Waals surface area contributed by atoms with Gasteiger partial charge in [-0.05, 0) is 52.4 Å². The summed E-state index contributed by atoms with van der Waals surface area (Å²) in [4.78, 5) is 15.9. The van der Waals surface area contributed by atoms with Gasteiger partial charge in [0.2, 0.25) is 0 Å². The number of carbonyl (C=O) groups is 1. The van der Waals surface area contributed by atoms with Crippen molar-refractivity contribution in [2.75, 3.05) is 5.32 Å². The number of amides is 1. The molecule has 0 aliphatic heterocycles. The van der Waals surface area contributed by atoms with Crippen LogP contribution in [0.1, 0.15) is 10.4 Å². The summed E-state index contributed by atoms with van der Waals surface area (Å²) in [6, 6.07) is 10.5. The number of anilines is 1. The molecule has 0 aliphatic rings. The topological polar surface area (TPSA) is 54.0 Å². The standard InChI is InChI=1S/C13H9BrClN3OS/c14-9-5-2-1-4-8(9)12(19)18-13(20)17-10-6-3-7-16-11(10)15/h1-7H,(H2,17,18,19,20). The zero-order valence-corrected chi connectivity index (χ0v) is 13.2. The van der Waals surface area contributed by atoms with Crippen LogP contribution in [0.25, 0.3) is 0 Å². The Bertz CT molecular complexity index is 666. The first-order valence-corrected chi connectivity index (χ1v) is 7.13. The molecule has 0 aliphatic carbocycles. The van der Waals surface area contributed by atoms with Crippen LogP contribution < -0.4 is 10.6 Å². The largest absolute Gasteiger partial charge is 0.330 e. The maximum Gasteiger partial charge on any atom is 0.258 e. The third kappa shape index (κ3) is 3.75. The predicted molar refractivity (Wildman–Crippen MR) is 87.1 cm³/mol. The summed E-state index contributed by atoms with van der Waals surface area (Å²) in [7, 11) is 0. The lowest BCUT2D eigenvalue weighted by Gasteiger charge is -2.10. The van der Waals surface area contributed by atoms with Gasteiger partial charge in [0, 0.05) is 10.7 Å². The van der Waals surface area contributed by atoms with Crippen molar-refractivity contribution >= 4 is 56.5 Å². The molecule has 1 heterocycles. The van der Waals surface area contributed by atoms with Crippen LogP contribution in [0, 0.1) is 0 Å². The third-order valence-electron chi connectivity index (χ3n) is 2.35. The second-order valence-electron chi connectivity index (χ2n) is 3.73. The fourth-order valence-electron chi connectivity index (χ4n) is 1.45.